The van der Waals surface area contributed by atoms with Crippen molar-refractivity contribution in [1.29, 1.82) is 0 Å². The van der Waals surface area contributed by atoms with E-state index in [-0.39, 0.29) is 5.92 Å². The summed E-state index contributed by atoms with van der Waals surface area (Å²) in [6.07, 6.45) is 0.745. The average molecular weight is 337 g/mol. The van der Waals surface area contributed by atoms with Gasteiger partial charge in [-0.3, -0.25) is 4.99 Å². The number of aliphatic imine (C=N–C) groups is 1. The van der Waals surface area contributed by atoms with Crippen LogP contribution in [0.25, 0.3) is 0 Å². The molecule has 0 aromatic heterocycles. The van der Waals surface area contributed by atoms with Crippen molar-refractivity contribution >= 4 is 15.8 Å². The third-order valence-corrected chi connectivity index (χ3v) is 5.96. The van der Waals surface area contributed by atoms with Crippen LogP contribution >= 0.6 is 0 Å². The maximum absolute atomic E-state index is 11.5. The summed E-state index contributed by atoms with van der Waals surface area (Å²) < 4.78 is 23.0. The molecule has 2 N–H and O–H groups in total. The molecule has 2 rings (SSSR count). The van der Waals surface area contributed by atoms with Crippen LogP contribution in [-0.2, 0) is 9.84 Å². The van der Waals surface area contributed by atoms with Crippen molar-refractivity contribution in [3.63, 3.8) is 0 Å². The van der Waals surface area contributed by atoms with Gasteiger partial charge in [0.25, 0.3) is 0 Å². The number of nitrogens with zero attached hydrogens (tertiary/aromatic N) is 1. The Morgan fingerprint density at radius 2 is 2.04 bits per heavy atom. The average Bonchev–Trinajstić information content (AvgIpc) is 2.90. The lowest BCUT2D eigenvalue weighted by atomic mass is 10.0. The Morgan fingerprint density at radius 1 is 1.30 bits per heavy atom. The summed E-state index contributed by atoms with van der Waals surface area (Å²) in [6, 6.07) is 10.3. The molecule has 1 aromatic carbocycles. The third kappa shape index (κ3) is 5.86. The Balaban J connectivity index is 1.87. The first-order chi connectivity index (χ1) is 11.0. The summed E-state index contributed by atoms with van der Waals surface area (Å²) in [5.41, 5.74) is 1.27. The third-order valence-electron chi connectivity index (χ3n) is 4.12. The summed E-state index contributed by atoms with van der Waals surface area (Å²) in [4.78, 5) is 4.63. The molecule has 2 atom stereocenters. The Labute approximate surface area is 139 Å². The molecule has 128 valence electrons. The Kier molecular flexibility index (Phi) is 6.45. The van der Waals surface area contributed by atoms with Gasteiger partial charge < -0.3 is 10.6 Å². The number of nitrogens with one attached hydrogen (secondary N) is 2. The van der Waals surface area contributed by atoms with Gasteiger partial charge in [-0.15, -0.1) is 0 Å². The highest BCUT2D eigenvalue weighted by Gasteiger charge is 2.27. The fraction of sp³-hybridized carbons (Fsp3) is 0.588. The van der Waals surface area contributed by atoms with Crippen molar-refractivity contribution in [2.24, 2.45) is 10.9 Å². The van der Waals surface area contributed by atoms with Gasteiger partial charge in [0.05, 0.1) is 11.5 Å². The molecule has 6 heteroatoms. The molecule has 0 amide bonds. The maximum Gasteiger partial charge on any atom is 0.191 e. The van der Waals surface area contributed by atoms with E-state index < -0.39 is 9.84 Å². The monoisotopic (exact) mass is 337 g/mol. The fourth-order valence-corrected chi connectivity index (χ4v) is 4.59. The van der Waals surface area contributed by atoms with Crippen molar-refractivity contribution < 1.29 is 8.42 Å². The van der Waals surface area contributed by atoms with Gasteiger partial charge in [0.1, 0.15) is 0 Å². The number of benzene rings is 1. The molecule has 0 aliphatic carbocycles. The predicted octanol–water partition coefficient (Wildman–Crippen LogP) is 1.78. The topological polar surface area (TPSA) is 70.6 Å². The largest absolute Gasteiger partial charge is 0.357 e. The minimum absolute atomic E-state index is 0.190. The van der Waals surface area contributed by atoms with Gasteiger partial charge in [-0.05, 0) is 24.8 Å². The van der Waals surface area contributed by atoms with Gasteiger partial charge in [0.15, 0.2) is 15.8 Å². The number of guanidine groups is 1. The first-order valence-corrected chi connectivity index (χ1v) is 10.1. The molecular weight excluding hydrogens is 310 g/mol. The highest BCUT2D eigenvalue weighted by Crippen LogP contribution is 2.17. The zero-order chi connectivity index (χ0) is 16.7. The lowest BCUT2D eigenvalue weighted by molar-refractivity contribution is 0.567. The van der Waals surface area contributed by atoms with E-state index in [1.54, 1.807) is 0 Å². The van der Waals surface area contributed by atoms with E-state index in [0.29, 0.717) is 30.5 Å². The van der Waals surface area contributed by atoms with Crippen molar-refractivity contribution in [2.75, 3.05) is 31.1 Å². The van der Waals surface area contributed by atoms with Crippen LogP contribution in [0.3, 0.4) is 0 Å². The molecule has 0 saturated carbocycles. The Hall–Kier alpha value is -1.56. The van der Waals surface area contributed by atoms with Crippen LogP contribution in [0.15, 0.2) is 35.3 Å². The van der Waals surface area contributed by atoms with Gasteiger partial charge in [-0.1, -0.05) is 37.3 Å². The van der Waals surface area contributed by atoms with E-state index in [4.69, 9.17) is 0 Å². The summed E-state index contributed by atoms with van der Waals surface area (Å²) >= 11 is 0. The van der Waals surface area contributed by atoms with Crippen LogP contribution in [0.5, 0.6) is 0 Å². The van der Waals surface area contributed by atoms with Crippen molar-refractivity contribution in [2.45, 2.75) is 26.2 Å². The van der Waals surface area contributed by atoms with Crippen LogP contribution in [-0.4, -0.2) is 45.5 Å². The minimum atomic E-state index is -2.82. The molecular formula is C17H27N3O2S. The first kappa shape index (κ1) is 17.8. The van der Waals surface area contributed by atoms with Gasteiger partial charge in [0.2, 0.25) is 0 Å². The maximum atomic E-state index is 11.5. The lowest BCUT2D eigenvalue weighted by Gasteiger charge is -2.15. The second-order valence-corrected chi connectivity index (χ2v) is 8.41. The van der Waals surface area contributed by atoms with Crippen molar-refractivity contribution in [1.82, 2.24) is 10.6 Å². The van der Waals surface area contributed by atoms with Gasteiger partial charge in [-0.2, -0.15) is 0 Å². The molecule has 1 fully saturated rings. The van der Waals surface area contributed by atoms with E-state index in [1.165, 1.54) is 5.56 Å². The molecule has 2 unspecified atom stereocenters. The highest BCUT2D eigenvalue weighted by molar-refractivity contribution is 7.91. The number of rotatable bonds is 6. The molecule has 0 radical (unpaired) electrons. The molecule has 0 bridgehead atoms. The minimum Gasteiger partial charge on any atom is -0.357 e. The fourth-order valence-electron chi connectivity index (χ4n) is 2.73. The molecule has 5 nitrogen and oxygen atoms in total. The van der Waals surface area contributed by atoms with Crippen LogP contribution < -0.4 is 10.6 Å². The second-order valence-electron chi connectivity index (χ2n) is 6.18. The summed E-state index contributed by atoms with van der Waals surface area (Å²) in [5.74, 6) is 1.91. The van der Waals surface area contributed by atoms with E-state index in [1.807, 2.05) is 25.1 Å². The van der Waals surface area contributed by atoms with E-state index >= 15 is 0 Å². The predicted molar refractivity (Wildman–Crippen MR) is 95.6 cm³/mol. The standard InChI is InChI=1S/C17H27N3O2S/c1-3-18-17(20-12-15-9-10-23(21,22)13-15)19-11-14(2)16-7-5-4-6-8-16/h4-8,14-15H,3,9-13H2,1-2H3,(H2,18,19,20). The lowest BCUT2D eigenvalue weighted by Crippen LogP contribution is -2.40. The van der Waals surface area contributed by atoms with Crippen LogP contribution in [0.2, 0.25) is 0 Å². The molecule has 1 aliphatic rings. The highest BCUT2D eigenvalue weighted by atomic mass is 32.2. The number of hydrogen-bond acceptors (Lipinski definition) is 3. The van der Waals surface area contributed by atoms with Crippen molar-refractivity contribution in [3.8, 4) is 0 Å². The summed E-state index contributed by atoms with van der Waals surface area (Å²) in [5, 5.41) is 6.51. The zero-order valence-corrected chi connectivity index (χ0v) is 14.8. The van der Waals surface area contributed by atoms with Gasteiger partial charge >= 0.3 is 0 Å². The molecule has 1 aromatic rings. The smallest absolute Gasteiger partial charge is 0.191 e. The molecule has 23 heavy (non-hydrogen) atoms. The number of sulfone groups is 1. The zero-order valence-electron chi connectivity index (χ0n) is 14.0. The molecule has 1 saturated heterocycles. The van der Waals surface area contributed by atoms with Crippen LogP contribution in [0.4, 0.5) is 0 Å². The van der Waals surface area contributed by atoms with Crippen LogP contribution in [0.1, 0.15) is 31.7 Å². The second kappa shape index (κ2) is 8.34. The van der Waals surface area contributed by atoms with E-state index in [0.717, 1.165) is 18.9 Å². The number of hydrogen-bond donors (Lipinski definition) is 2. The van der Waals surface area contributed by atoms with Crippen LogP contribution in [0, 0.1) is 5.92 Å². The molecule has 1 aliphatic heterocycles. The van der Waals surface area contributed by atoms with Gasteiger partial charge in [-0.25, -0.2) is 8.42 Å². The summed E-state index contributed by atoms with van der Waals surface area (Å²) in [6.45, 7) is 6.32. The Morgan fingerprint density at radius 3 is 2.65 bits per heavy atom. The first-order valence-electron chi connectivity index (χ1n) is 8.27. The molecule has 1 heterocycles. The van der Waals surface area contributed by atoms with Crippen molar-refractivity contribution in [3.05, 3.63) is 35.9 Å². The molecule has 0 spiro atoms. The normalized spacial score (nSPS) is 21.8. The van der Waals surface area contributed by atoms with E-state index in [2.05, 4.69) is 34.7 Å². The Bertz CT molecular complexity index is 614. The summed E-state index contributed by atoms with van der Waals surface area (Å²) in [7, 11) is -2.82. The van der Waals surface area contributed by atoms with Gasteiger partial charge in [0, 0.05) is 25.6 Å². The van der Waals surface area contributed by atoms with E-state index in [9.17, 15) is 8.42 Å². The quantitative estimate of drug-likeness (QED) is 0.613. The SMILES string of the molecule is CCNC(=NCC(C)c1ccccc1)NCC1CCS(=O)(=O)C1.